The van der Waals surface area contributed by atoms with Gasteiger partial charge < -0.3 is 9.71 Å². The molecule has 1 heterocycles. The van der Waals surface area contributed by atoms with E-state index in [1.54, 1.807) is 24.5 Å². The molecule has 1 aromatic heterocycles. The van der Waals surface area contributed by atoms with E-state index in [1.807, 2.05) is 12.1 Å². The fourth-order valence-electron chi connectivity index (χ4n) is 1.15. The predicted molar refractivity (Wildman–Crippen MR) is 61.4 cm³/mol. The average molecular weight is 233 g/mol. The predicted octanol–water partition coefficient (Wildman–Crippen LogP) is 3.14. The van der Waals surface area contributed by atoms with Gasteiger partial charge in [0.1, 0.15) is 5.82 Å². The van der Waals surface area contributed by atoms with Crippen molar-refractivity contribution in [3.8, 4) is 6.07 Å². The summed E-state index contributed by atoms with van der Waals surface area (Å²) in [5.74, 6) is -0.429. The second kappa shape index (κ2) is 4.73. The average Bonchev–Trinajstić information content (AvgIpc) is 2.80. The topological polar surface area (TPSA) is 51.6 Å². The van der Waals surface area contributed by atoms with Crippen LogP contribution in [-0.4, -0.2) is 4.98 Å². The first kappa shape index (κ1) is 10.6. The van der Waals surface area contributed by atoms with Crippen molar-refractivity contribution in [2.24, 2.45) is 0 Å². The SMILES string of the molecule is N#Cc1ccc(NSc2cc[nH]c2)c(F)c1. The molecule has 2 N–H and O–H groups in total. The zero-order valence-electron chi connectivity index (χ0n) is 8.20. The number of rotatable bonds is 3. The van der Waals surface area contributed by atoms with Crippen LogP contribution in [-0.2, 0) is 0 Å². The van der Waals surface area contributed by atoms with E-state index in [0.29, 0.717) is 11.3 Å². The van der Waals surface area contributed by atoms with Gasteiger partial charge in [-0.1, -0.05) is 0 Å². The van der Waals surface area contributed by atoms with Gasteiger partial charge in [0.05, 0.1) is 17.3 Å². The molecule has 2 aromatic rings. The molecule has 0 bridgehead atoms. The summed E-state index contributed by atoms with van der Waals surface area (Å²) in [6.07, 6.45) is 3.60. The van der Waals surface area contributed by atoms with Crippen molar-refractivity contribution in [2.45, 2.75) is 4.90 Å². The van der Waals surface area contributed by atoms with E-state index >= 15 is 0 Å². The molecule has 0 saturated heterocycles. The summed E-state index contributed by atoms with van der Waals surface area (Å²) in [4.78, 5) is 3.86. The molecular formula is C11H8FN3S. The highest BCUT2D eigenvalue weighted by Crippen LogP contribution is 2.23. The Hall–Kier alpha value is -1.93. The number of nitrogens with zero attached hydrogens (tertiary/aromatic N) is 1. The zero-order valence-corrected chi connectivity index (χ0v) is 9.01. The summed E-state index contributed by atoms with van der Waals surface area (Å²) < 4.78 is 16.3. The van der Waals surface area contributed by atoms with Gasteiger partial charge in [0, 0.05) is 17.3 Å². The molecular weight excluding hydrogens is 225 g/mol. The Morgan fingerprint density at radius 1 is 1.38 bits per heavy atom. The van der Waals surface area contributed by atoms with E-state index < -0.39 is 5.82 Å². The van der Waals surface area contributed by atoms with Gasteiger partial charge in [0.15, 0.2) is 0 Å². The van der Waals surface area contributed by atoms with Crippen LogP contribution in [0, 0.1) is 17.1 Å². The third kappa shape index (κ3) is 2.35. The van der Waals surface area contributed by atoms with Gasteiger partial charge in [-0.3, -0.25) is 0 Å². The summed E-state index contributed by atoms with van der Waals surface area (Å²) in [5, 5.41) is 8.59. The van der Waals surface area contributed by atoms with Crippen molar-refractivity contribution in [2.75, 3.05) is 4.72 Å². The van der Waals surface area contributed by atoms with Crippen molar-refractivity contribution in [3.63, 3.8) is 0 Å². The van der Waals surface area contributed by atoms with Crippen molar-refractivity contribution < 1.29 is 4.39 Å². The first-order valence-corrected chi connectivity index (χ1v) is 5.36. The van der Waals surface area contributed by atoms with E-state index in [-0.39, 0.29) is 0 Å². The lowest BCUT2D eigenvalue weighted by Gasteiger charge is -2.04. The number of H-pyrrole nitrogens is 1. The lowest BCUT2D eigenvalue weighted by atomic mass is 10.2. The van der Waals surface area contributed by atoms with Gasteiger partial charge in [-0.05, 0) is 36.2 Å². The zero-order chi connectivity index (χ0) is 11.4. The highest BCUT2D eigenvalue weighted by Gasteiger charge is 2.03. The van der Waals surface area contributed by atoms with Gasteiger partial charge in [0.25, 0.3) is 0 Å². The molecule has 0 unspecified atom stereocenters. The van der Waals surface area contributed by atoms with E-state index in [9.17, 15) is 4.39 Å². The Balaban J connectivity index is 2.08. The van der Waals surface area contributed by atoms with Crippen molar-refractivity contribution in [1.29, 1.82) is 5.26 Å². The molecule has 80 valence electrons. The summed E-state index contributed by atoms with van der Waals surface area (Å²) in [7, 11) is 0. The molecule has 0 radical (unpaired) electrons. The van der Waals surface area contributed by atoms with Crippen molar-refractivity contribution >= 4 is 17.6 Å². The van der Waals surface area contributed by atoms with Gasteiger partial charge >= 0.3 is 0 Å². The van der Waals surface area contributed by atoms with Crippen LogP contribution >= 0.6 is 11.9 Å². The van der Waals surface area contributed by atoms with Gasteiger partial charge in [-0.25, -0.2) is 4.39 Å². The normalized spacial score (nSPS) is 9.75. The van der Waals surface area contributed by atoms with Gasteiger partial charge in [-0.2, -0.15) is 5.26 Å². The molecule has 0 amide bonds. The van der Waals surface area contributed by atoms with Crippen LogP contribution in [0.4, 0.5) is 10.1 Å². The molecule has 0 aliphatic carbocycles. The minimum absolute atomic E-state index is 0.315. The number of nitriles is 1. The summed E-state index contributed by atoms with van der Waals surface area (Å²) >= 11 is 1.30. The molecule has 0 atom stereocenters. The fourth-order valence-corrected chi connectivity index (χ4v) is 1.81. The Labute approximate surface area is 96.4 Å². The smallest absolute Gasteiger partial charge is 0.148 e. The molecule has 0 aliphatic heterocycles. The first-order chi connectivity index (χ1) is 7.79. The fraction of sp³-hybridized carbons (Fsp3) is 0. The van der Waals surface area contributed by atoms with Crippen LogP contribution in [0.25, 0.3) is 0 Å². The third-order valence-electron chi connectivity index (χ3n) is 1.95. The van der Waals surface area contributed by atoms with E-state index in [2.05, 4.69) is 9.71 Å². The highest BCUT2D eigenvalue weighted by atomic mass is 32.2. The largest absolute Gasteiger partial charge is 0.367 e. The lowest BCUT2D eigenvalue weighted by Crippen LogP contribution is -1.91. The number of halogens is 1. The van der Waals surface area contributed by atoms with Crippen LogP contribution in [0.15, 0.2) is 41.6 Å². The molecule has 0 saturated carbocycles. The van der Waals surface area contributed by atoms with Gasteiger partial charge in [0.2, 0.25) is 0 Å². The molecule has 2 rings (SSSR count). The summed E-state index contributed by atoms with van der Waals surface area (Å²) in [6.45, 7) is 0. The van der Waals surface area contributed by atoms with Crippen LogP contribution in [0.2, 0.25) is 0 Å². The Morgan fingerprint density at radius 2 is 2.25 bits per heavy atom. The molecule has 5 heteroatoms. The first-order valence-electron chi connectivity index (χ1n) is 4.55. The molecule has 16 heavy (non-hydrogen) atoms. The second-order valence-electron chi connectivity index (χ2n) is 3.06. The van der Waals surface area contributed by atoms with Crippen molar-refractivity contribution in [1.82, 2.24) is 4.98 Å². The van der Waals surface area contributed by atoms with E-state index in [4.69, 9.17) is 5.26 Å². The maximum absolute atomic E-state index is 13.4. The van der Waals surface area contributed by atoms with Crippen LogP contribution in [0.1, 0.15) is 5.56 Å². The second-order valence-corrected chi connectivity index (χ2v) is 3.94. The lowest BCUT2D eigenvalue weighted by molar-refractivity contribution is 0.632. The monoisotopic (exact) mass is 233 g/mol. The highest BCUT2D eigenvalue weighted by molar-refractivity contribution is 8.00. The number of aromatic amines is 1. The van der Waals surface area contributed by atoms with E-state index in [0.717, 1.165) is 4.90 Å². The Kier molecular flexibility index (Phi) is 3.13. The summed E-state index contributed by atoms with van der Waals surface area (Å²) in [5.41, 5.74) is 0.680. The number of hydrogen-bond acceptors (Lipinski definition) is 3. The maximum atomic E-state index is 13.4. The Morgan fingerprint density at radius 3 is 2.88 bits per heavy atom. The molecule has 1 aromatic carbocycles. The van der Waals surface area contributed by atoms with Gasteiger partial charge in [-0.15, -0.1) is 0 Å². The van der Waals surface area contributed by atoms with E-state index in [1.165, 1.54) is 18.0 Å². The maximum Gasteiger partial charge on any atom is 0.148 e. The molecule has 3 nitrogen and oxygen atoms in total. The Bertz CT molecular complexity index is 517. The number of nitrogens with one attached hydrogen (secondary N) is 2. The standard InChI is InChI=1S/C11H8FN3S/c12-10-5-8(6-13)1-2-11(10)15-16-9-3-4-14-7-9/h1-5,7,14-15H. The van der Waals surface area contributed by atoms with Crippen LogP contribution in [0.3, 0.4) is 0 Å². The van der Waals surface area contributed by atoms with Crippen LogP contribution in [0.5, 0.6) is 0 Å². The quantitative estimate of drug-likeness (QED) is 0.801. The number of hydrogen-bond donors (Lipinski definition) is 2. The van der Waals surface area contributed by atoms with Crippen molar-refractivity contribution in [3.05, 3.63) is 48.0 Å². The number of anilines is 1. The number of benzene rings is 1. The minimum atomic E-state index is -0.429. The van der Waals surface area contributed by atoms with Crippen LogP contribution < -0.4 is 4.72 Å². The molecule has 0 spiro atoms. The number of aromatic nitrogens is 1. The summed E-state index contributed by atoms with van der Waals surface area (Å²) in [6, 6.07) is 8.09. The third-order valence-corrected chi connectivity index (χ3v) is 2.76. The molecule has 0 aliphatic rings. The minimum Gasteiger partial charge on any atom is -0.367 e. The molecule has 0 fully saturated rings.